The number of rotatable bonds is 6. The van der Waals surface area contributed by atoms with E-state index < -0.39 is 0 Å². The van der Waals surface area contributed by atoms with Crippen molar-refractivity contribution in [2.45, 2.75) is 26.5 Å². The Morgan fingerprint density at radius 2 is 1.78 bits per heavy atom. The second-order valence-electron chi connectivity index (χ2n) is 5.67. The van der Waals surface area contributed by atoms with Gasteiger partial charge >= 0.3 is 0 Å². The van der Waals surface area contributed by atoms with Crippen LogP contribution in [0.1, 0.15) is 22.3 Å². The van der Waals surface area contributed by atoms with Crippen LogP contribution in [0.2, 0.25) is 0 Å². The Morgan fingerprint density at radius 1 is 1.04 bits per heavy atom. The van der Waals surface area contributed by atoms with Gasteiger partial charge in [-0.05, 0) is 55.7 Å². The summed E-state index contributed by atoms with van der Waals surface area (Å²) in [4.78, 5) is 0. The van der Waals surface area contributed by atoms with Gasteiger partial charge in [0.15, 0.2) is 5.11 Å². The van der Waals surface area contributed by atoms with E-state index in [1.54, 1.807) is 0 Å². The summed E-state index contributed by atoms with van der Waals surface area (Å²) in [6.45, 7) is 7.20. The molecule has 2 aromatic rings. The zero-order valence-corrected chi connectivity index (χ0v) is 15.6. The lowest BCUT2D eigenvalue weighted by Gasteiger charge is -2.13. The molecule has 2 N–H and O–H groups in total. The number of thiocarbonyl (C=S) groups is 1. The third-order valence-electron chi connectivity index (χ3n) is 3.77. The van der Waals surface area contributed by atoms with Gasteiger partial charge in [-0.3, -0.25) is 0 Å². The predicted molar refractivity (Wildman–Crippen MR) is 107 cm³/mol. The van der Waals surface area contributed by atoms with Crippen LogP contribution >= 0.6 is 24.0 Å². The van der Waals surface area contributed by atoms with Gasteiger partial charge in [0.25, 0.3) is 0 Å². The fourth-order valence-corrected chi connectivity index (χ4v) is 3.19. The van der Waals surface area contributed by atoms with Crippen LogP contribution in [0.25, 0.3) is 0 Å². The Kier molecular flexibility index (Phi) is 6.93. The van der Waals surface area contributed by atoms with Gasteiger partial charge in [0, 0.05) is 23.7 Å². The van der Waals surface area contributed by atoms with Crippen molar-refractivity contribution in [1.29, 1.82) is 0 Å². The fourth-order valence-electron chi connectivity index (χ4n) is 2.16. The maximum absolute atomic E-state index is 5.36. The Hall–Kier alpha value is -1.52. The molecule has 0 saturated heterocycles. The van der Waals surface area contributed by atoms with E-state index in [1.165, 1.54) is 22.3 Å². The Balaban J connectivity index is 1.67. The Labute approximate surface area is 149 Å². The van der Waals surface area contributed by atoms with Gasteiger partial charge in [-0.25, -0.2) is 0 Å². The minimum absolute atomic E-state index is 0.689. The third kappa shape index (κ3) is 5.88. The van der Waals surface area contributed by atoms with Crippen molar-refractivity contribution >= 4 is 34.8 Å². The minimum atomic E-state index is 0.689. The topological polar surface area (TPSA) is 24.1 Å². The van der Waals surface area contributed by atoms with Crippen molar-refractivity contribution < 1.29 is 0 Å². The normalized spacial score (nSPS) is 10.4. The number of anilines is 1. The number of benzene rings is 2. The maximum atomic E-state index is 5.36. The van der Waals surface area contributed by atoms with E-state index in [0.717, 1.165) is 23.7 Å². The molecule has 0 fully saturated rings. The Bertz CT molecular complexity index is 651. The first-order chi connectivity index (χ1) is 11.1. The quantitative estimate of drug-likeness (QED) is 0.579. The highest BCUT2D eigenvalue weighted by Gasteiger charge is 2.02. The van der Waals surface area contributed by atoms with Gasteiger partial charge in [0.1, 0.15) is 0 Å². The molecule has 2 nitrogen and oxygen atoms in total. The van der Waals surface area contributed by atoms with Crippen LogP contribution in [0.4, 0.5) is 5.69 Å². The number of aryl methyl sites for hydroxylation is 2. The summed E-state index contributed by atoms with van der Waals surface area (Å²) >= 11 is 7.28. The van der Waals surface area contributed by atoms with E-state index in [4.69, 9.17) is 12.2 Å². The molecule has 0 aliphatic carbocycles. The molecule has 0 amide bonds. The summed E-state index contributed by atoms with van der Waals surface area (Å²) in [5.74, 6) is 2.07. The summed E-state index contributed by atoms with van der Waals surface area (Å²) < 4.78 is 0. The second kappa shape index (κ2) is 8.94. The molecule has 0 radical (unpaired) electrons. The summed E-state index contributed by atoms with van der Waals surface area (Å²) in [6.07, 6.45) is 0. The zero-order chi connectivity index (χ0) is 16.7. The van der Waals surface area contributed by atoms with E-state index in [2.05, 4.69) is 67.8 Å². The monoisotopic (exact) mass is 344 g/mol. The molecule has 2 aromatic carbocycles. The summed E-state index contributed by atoms with van der Waals surface area (Å²) in [6, 6.07) is 14.9. The highest BCUT2D eigenvalue weighted by molar-refractivity contribution is 7.98. The van der Waals surface area contributed by atoms with E-state index in [9.17, 15) is 0 Å². The molecule has 0 spiro atoms. The van der Waals surface area contributed by atoms with Gasteiger partial charge in [0.2, 0.25) is 0 Å². The standard InChI is InChI=1S/C19H24N2S2/c1-14-7-9-17(10-8-14)13-23-12-11-20-19(22)21-18-6-4-5-15(2)16(18)3/h4-10H,11-13H2,1-3H3,(H2,20,21,22). The minimum Gasteiger partial charge on any atom is -0.362 e. The molecular formula is C19H24N2S2. The highest BCUT2D eigenvalue weighted by atomic mass is 32.2. The molecule has 2 rings (SSSR count). The largest absolute Gasteiger partial charge is 0.362 e. The molecule has 0 bridgehead atoms. The zero-order valence-electron chi connectivity index (χ0n) is 14.0. The fraction of sp³-hybridized carbons (Fsp3) is 0.316. The first-order valence-electron chi connectivity index (χ1n) is 7.80. The van der Waals surface area contributed by atoms with E-state index >= 15 is 0 Å². The molecule has 0 aliphatic rings. The van der Waals surface area contributed by atoms with E-state index in [0.29, 0.717) is 5.11 Å². The third-order valence-corrected chi connectivity index (χ3v) is 5.05. The van der Waals surface area contributed by atoms with Crippen molar-refractivity contribution in [3.63, 3.8) is 0 Å². The van der Waals surface area contributed by atoms with Gasteiger partial charge < -0.3 is 10.6 Å². The number of nitrogens with one attached hydrogen (secondary N) is 2. The van der Waals surface area contributed by atoms with E-state index in [1.807, 2.05) is 17.8 Å². The summed E-state index contributed by atoms with van der Waals surface area (Å²) in [5.41, 5.74) is 6.27. The van der Waals surface area contributed by atoms with Crippen molar-refractivity contribution in [3.8, 4) is 0 Å². The van der Waals surface area contributed by atoms with Gasteiger partial charge in [-0.2, -0.15) is 11.8 Å². The molecule has 0 heterocycles. The second-order valence-corrected chi connectivity index (χ2v) is 7.18. The first kappa shape index (κ1) is 17.8. The van der Waals surface area contributed by atoms with Crippen LogP contribution in [-0.2, 0) is 5.75 Å². The first-order valence-corrected chi connectivity index (χ1v) is 9.37. The van der Waals surface area contributed by atoms with Crippen LogP contribution in [0.3, 0.4) is 0 Å². The number of thioether (sulfide) groups is 1. The van der Waals surface area contributed by atoms with Gasteiger partial charge in [-0.1, -0.05) is 42.0 Å². The average molecular weight is 345 g/mol. The van der Waals surface area contributed by atoms with E-state index in [-0.39, 0.29) is 0 Å². The van der Waals surface area contributed by atoms with Crippen molar-refractivity contribution in [2.75, 3.05) is 17.6 Å². The molecule has 4 heteroatoms. The lowest BCUT2D eigenvalue weighted by atomic mass is 10.1. The lowest BCUT2D eigenvalue weighted by Crippen LogP contribution is -2.30. The molecule has 0 atom stereocenters. The van der Waals surface area contributed by atoms with Gasteiger partial charge in [-0.15, -0.1) is 0 Å². The maximum Gasteiger partial charge on any atom is 0.170 e. The predicted octanol–water partition coefficient (Wildman–Crippen LogP) is 4.83. The average Bonchev–Trinajstić information content (AvgIpc) is 2.53. The van der Waals surface area contributed by atoms with Crippen LogP contribution in [-0.4, -0.2) is 17.4 Å². The molecule has 0 saturated carbocycles. The smallest absolute Gasteiger partial charge is 0.170 e. The SMILES string of the molecule is Cc1ccc(CSCCNC(=S)Nc2cccc(C)c2C)cc1. The van der Waals surface area contributed by atoms with Crippen LogP contribution in [0, 0.1) is 20.8 Å². The summed E-state index contributed by atoms with van der Waals surface area (Å²) in [7, 11) is 0. The Morgan fingerprint density at radius 3 is 2.52 bits per heavy atom. The molecule has 23 heavy (non-hydrogen) atoms. The van der Waals surface area contributed by atoms with Crippen LogP contribution < -0.4 is 10.6 Å². The highest BCUT2D eigenvalue weighted by Crippen LogP contribution is 2.17. The molecule has 0 unspecified atom stereocenters. The van der Waals surface area contributed by atoms with Crippen LogP contribution in [0.5, 0.6) is 0 Å². The molecular weight excluding hydrogens is 320 g/mol. The summed E-state index contributed by atoms with van der Waals surface area (Å²) in [5, 5.41) is 7.24. The van der Waals surface area contributed by atoms with Crippen molar-refractivity contribution in [2.24, 2.45) is 0 Å². The molecule has 0 aromatic heterocycles. The number of hydrogen-bond donors (Lipinski definition) is 2. The van der Waals surface area contributed by atoms with Crippen LogP contribution in [0.15, 0.2) is 42.5 Å². The lowest BCUT2D eigenvalue weighted by molar-refractivity contribution is 0.989. The van der Waals surface area contributed by atoms with Gasteiger partial charge in [0.05, 0.1) is 0 Å². The van der Waals surface area contributed by atoms with Crippen molar-refractivity contribution in [1.82, 2.24) is 5.32 Å². The molecule has 122 valence electrons. The van der Waals surface area contributed by atoms with Crippen molar-refractivity contribution in [3.05, 3.63) is 64.7 Å². The molecule has 0 aliphatic heterocycles. The number of hydrogen-bond acceptors (Lipinski definition) is 2.